The highest BCUT2D eigenvalue weighted by Crippen LogP contribution is 2.29. The van der Waals surface area contributed by atoms with E-state index < -0.39 is 10.2 Å². The molecule has 2 aromatic heterocycles. The maximum Gasteiger partial charge on any atom is 0.270 e. The van der Waals surface area contributed by atoms with Crippen molar-refractivity contribution in [1.29, 1.82) is 0 Å². The number of non-ortho nitro benzene ring substituents is 1. The molecule has 1 N–H and O–H groups in total. The molecule has 2 heterocycles. The molecule has 0 saturated carbocycles. The SMILES string of the molecule is CC(Sc1nnnn1-c1ccccc1)C(=O)Nc1nc(-c2cccc([N+](=O)[O-])c2)cs1. The molecule has 1 amide bonds. The Hall–Kier alpha value is -3.64. The van der Waals surface area contributed by atoms with Crippen LogP contribution in [-0.4, -0.2) is 41.3 Å². The van der Waals surface area contributed by atoms with E-state index in [1.165, 1.54) is 35.2 Å². The molecule has 0 bridgehead atoms. The first-order chi connectivity index (χ1) is 15.0. The third kappa shape index (κ3) is 4.75. The zero-order valence-electron chi connectivity index (χ0n) is 16.1. The Bertz CT molecular complexity index is 1230. The summed E-state index contributed by atoms with van der Waals surface area (Å²) in [7, 11) is 0. The molecule has 4 rings (SSSR count). The molecule has 0 spiro atoms. The summed E-state index contributed by atoms with van der Waals surface area (Å²) in [5.74, 6) is -0.257. The summed E-state index contributed by atoms with van der Waals surface area (Å²) in [4.78, 5) is 27.5. The summed E-state index contributed by atoms with van der Waals surface area (Å²) in [5, 5.41) is 27.6. The van der Waals surface area contributed by atoms with E-state index in [4.69, 9.17) is 0 Å². The molecule has 0 aliphatic rings. The van der Waals surface area contributed by atoms with Crippen LogP contribution in [0, 0.1) is 10.1 Å². The quantitative estimate of drug-likeness (QED) is 0.254. The molecule has 0 aliphatic carbocycles. The number of amides is 1. The van der Waals surface area contributed by atoms with Crippen molar-refractivity contribution >= 4 is 39.8 Å². The van der Waals surface area contributed by atoms with Crippen LogP contribution in [0.4, 0.5) is 10.8 Å². The van der Waals surface area contributed by atoms with Crippen molar-refractivity contribution in [2.24, 2.45) is 0 Å². The minimum atomic E-state index is -0.487. The van der Waals surface area contributed by atoms with Gasteiger partial charge >= 0.3 is 0 Å². The molecule has 0 saturated heterocycles. The number of carbonyl (C=O) groups excluding carboxylic acids is 1. The van der Waals surface area contributed by atoms with Gasteiger partial charge in [0.15, 0.2) is 5.13 Å². The van der Waals surface area contributed by atoms with Crippen LogP contribution in [0.1, 0.15) is 6.92 Å². The monoisotopic (exact) mass is 453 g/mol. The molecule has 10 nitrogen and oxygen atoms in total. The number of nitro benzene ring substituents is 1. The molecular formula is C19H15N7O3S2. The van der Waals surface area contributed by atoms with Crippen molar-refractivity contribution in [2.45, 2.75) is 17.3 Å². The highest BCUT2D eigenvalue weighted by atomic mass is 32.2. The summed E-state index contributed by atoms with van der Waals surface area (Å²) >= 11 is 2.47. The third-order valence-electron chi connectivity index (χ3n) is 4.18. The highest BCUT2D eigenvalue weighted by molar-refractivity contribution is 8.00. The Morgan fingerprint density at radius 2 is 2.03 bits per heavy atom. The molecule has 156 valence electrons. The number of benzene rings is 2. The molecule has 4 aromatic rings. The van der Waals surface area contributed by atoms with Crippen LogP contribution in [0.5, 0.6) is 0 Å². The van der Waals surface area contributed by atoms with Crippen molar-refractivity contribution in [3.63, 3.8) is 0 Å². The van der Waals surface area contributed by atoms with Gasteiger partial charge in [-0.1, -0.05) is 42.1 Å². The van der Waals surface area contributed by atoms with Crippen LogP contribution >= 0.6 is 23.1 Å². The molecule has 0 fully saturated rings. The van der Waals surface area contributed by atoms with Crippen LogP contribution in [0.2, 0.25) is 0 Å². The number of aromatic nitrogens is 5. The average Bonchev–Trinajstić information content (AvgIpc) is 3.44. The minimum Gasteiger partial charge on any atom is -0.301 e. The zero-order chi connectivity index (χ0) is 21.8. The first kappa shape index (κ1) is 20.6. The number of nitro groups is 1. The van der Waals surface area contributed by atoms with E-state index in [1.54, 1.807) is 29.1 Å². The van der Waals surface area contributed by atoms with Crippen LogP contribution < -0.4 is 5.32 Å². The van der Waals surface area contributed by atoms with Crippen molar-refractivity contribution in [2.75, 3.05) is 5.32 Å². The summed E-state index contributed by atoms with van der Waals surface area (Å²) in [6.45, 7) is 1.75. The number of hydrogen-bond acceptors (Lipinski definition) is 9. The van der Waals surface area contributed by atoms with Crippen LogP contribution in [0.25, 0.3) is 16.9 Å². The number of anilines is 1. The van der Waals surface area contributed by atoms with Crippen molar-refractivity contribution in [1.82, 2.24) is 25.2 Å². The number of hydrogen-bond donors (Lipinski definition) is 1. The van der Waals surface area contributed by atoms with Gasteiger partial charge in [0.1, 0.15) is 0 Å². The van der Waals surface area contributed by atoms with E-state index in [-0.39, 0.29) is 11.6 Å². The predicted octanol–water partition coefficient (Wildman–Crippen LogP) is 3.81. The van der Waals surface area contributed by atoms with Crippen LogP contribution in [0.15, 0.2) is 65.1 Å². The van der Waals surface area contributed by atoms with E-state index in [0.29, 0.717) is 21.5 Å². The lowest BCUT2D eigenvalue weighted by atomic mass is 10.1. The smallest absolute Gasteiger partial charge is 0.270 e. The molecule has 12 heteroatoms. The van der Waals surface area contributed by atoms with E-state index in [9.17, 15) is 14.9 Å². The summed E-state index contributed by atoms with van der Waals surface area (Å²) in [5.41, 5.74) is 1.94. The van der Waals surface area contributed by atoms with Gasteiger partial charge in [-0.3, -0.25) is 14.9 Å². The lowest BCUT2D eigenvalue weighted by Gasteiger charge is -2.10. The van der Waals surface area contributed by atoms with Gasteiger partial charge in [-0.05, 0) is 29.5 Å². The number of para-hydroxylation sites is 1. The van der Waals surface area contributed by atoms with E-state index >= 15 is 0 Å². The normalized spacial score (nSPS) is 11.8. The van der Waals surface area contributed by atoms with E-state index in [1.807, 2.05) is 30.3 Å². The fourth-order valence-electron chi connectivity index (χ4n) is 2.64. The minimum absolute atomic E-state index is 0.0164. The third-order valence-corrected chi connectivity index (χ3v) is 5.97. The maximum absolute atomic E-state index is 12.6. The van der Waals surface area contributed by atoms with Gasteiger partial charge < -0.3 is 5.32 Å². The molecule has 31 heavy (non-hydrogen) atoms. The summed E-state index contributed by atoms with van der Waals surface area (Å²) in [6, 6.07) is 15.6. The van der Waals surface area contributed by atoms with E-state index in [0.717, 1.165) is 5.69 Å². The summed E-state index contributed by atoms with van der Waals surface area (Å²) < 4.78 is 1.57. The fraction of sp³-hybridized carbons (Fsp3) is 0.105. The average molecular weight is 454 g/mol. The Morgan fingerprint density at radius 1 is 1.23 bits per heavy atom. The van der Waals surface area contributed by atoms with E-state index in [2.05, 4.69) is 25.8 Å². The zero-order valence-corrected chi connectivity index (χ0v) is 17.7. The number of tetrazole rings is 1. The topological polar surface area (TPSA) is 129 Å². The Labute approximate surface area is 184 Å². The largest absolute Gasteiger partial charge is 0.301 e. The number of thioether (sulfide) groups is 1. The maximum atomic E-state index is 12.6. The van der Waals surface area contributed by atoms with Gasteiger partial charge in [0.25, 0.3) is 5.69 Å². The van der Waals surface area contributed by atoms with Crippen LogP contribution in [-0.2, 0) is 4.79 Å². The Balaban J connectivity index is 1.43. The molecular weight excluding hydrogens is 438 g/mol. The second kappa shape index (κ2) is 9.02. The van der Waals surface area contributed by atoms with Gasteiger partial charge in [-0.2, -0.15) is 4.68 Å². The number of rotatable bonds is 7. The fourth-order valence-corrected chi connectivity index (χ4v) is 4.18. The second-order valence-electron chi connectivity index (χ2n) is 6.30. The molecule has 0 aliphatic heterocycles. The number of thiazole rings is 1. The predicted molar refractivity (Wildman–Crippen MR) is 117 cm³/mol. The number of nitrogens with one attached hydrogen (secondary N) is 1. The Kier molecular flexibility index (Phi) is 6.00. The molecule has 1 unspecified atom stereocenters. The van der Waals surface area contributed by atoms with Gasteiger partial charge in [-0.25, -0.2) is 4.98 Å². The van der Waals surface area contributed by atoms with Crippen molar-refractivity contribution in [3.8, 4) is 16.9 Å². The van der Waals surface area contributed by atoms with Gasteiger partial charge in [0.2, 0.25) is 11.1 Å². The first-order valence-corrected chi connectivity index (χ1v) is 10.8. The van der Waals surface area contributed by atoms with Gasteiger partial charge in [0.05, 0.1) is 21.6 Å². The lowest BCUT2D eigenvalue weighted by molar-refractivity contribution is -0.384. The van der Waals surface area contributed by atoms with Crippen molar-refractivity contribution in [3.05, 3.63) is 70.1 Å². The second-order valence-corrected chi connectivity index (χ2v) is 8.47. The Morgan fingerprint density at radius 3 is 2.81 bits per heavy atom. The first-order valence-electron chi connectivity index (χ1n) is 9.03. The molecule has 1 atom stereocenters. The summed E-state index contributed by atoms with van der Waals surface area (Å²) in [6.07, 6.45) is 0. The highest BCUT2D eigenvalue weighted by Gasteiger charge is 2.20. The standard InChI is InChI=1S/C19H15N7O3S2/c1-12(31-19-22-23-24-25(19)14-7-3-2-4-8-14)17(27)21-18-20-16(11-30-18)13-6-5-9-15(10-13)26(28)29/h2-12H,1H3,(H,20,21,27). The lowest BCUT2D eigenvalue weighted by Crippen LogP contribution is -2.22. The van der Waals surface area contributed by atoms with Crippen LogP contribution in [0.3, 0.4) is 0 Å². The number of nitrogens with zero attached hydrogens (tertiary/aromatic N) is 6. The number of carbonyl (C=O) groups is 1. The van der Waals surface area contributed by atoms with Crippen molar-refractivity contribution < 1.29 is 9.72 Å². The molecule has 2 aromatic carbocycles. The van der Waals surface area contributed by atoms with Gasteiger partial charge in [0, 0.05) is 23.1 Å². The van der Waals surface area contributed by atoms with Gasteiger partial charge in [-0.15, -0.1) is 16.4 Å². The molecule has 0 radical (unpaired) electrons.